The molecule has 9 nitrogen and oxygen atoms in total. The minimum Gasteiger partial charge on any atom is -0.493 e. The number of carbonyl (C=O) groups excluding carboxylic acids is 1. The summed E-state index contributed by atoms with van der Waals surface area (Å²) in [5.41, 5.74) is 0.745. The predicted molar refractivity (Wildman–Crippen MR) is 149 cm³/mol. The summed E-state index contributed by atoms with van der Waals surface area (Å²) in [4.78, 5) is 20.5. The highest BCUT2D eigenvalue weighted by Crippen LogP contribution is 2.64. The molecule has 1 amide bonds. The number of nitrogens with zero attached hydrogens (tertiary/aromatic N) is 3. The summed E-state index contributed by atoms with van der Waals surface area (Å²) in [6, 6.07) is 7.43. The van der Waals surface area contributed by atoms with Gasteiger partial charge >= 0.3 is 10.2 Å². The Hall–Kier alpha value is -2.76. The van der Waals surface area contributed by atoms with Crippen molar-refractivity contribution >= 4 is 21.9 Å². The quantitative estimate of drug-likeness (QED) is 0.511. The summed E-state index contributed by atoms with van der Waals surface area (Å²) in [7, 11) is -4.06. The first-order chi connectivity index (χ1) is 18.8. The van der Waals surface area contributed by atoms with Gasteiger partial charge in [0.15, 0.2) is 0 Å². The normalized spacial score (nSPS) is 28.7. The van der Waals surface area contributed by atoms with E-state index < -0.39 is 21.9 Å². The Labute approximate surface area is 235 Å². The summed E-state index contributed by atoms with van der Waals surface area (Å²) < 4.78 is 56.1. The number of carbonyl (C=O) groups is 1. The number of hydrogen-bond acceptors (Lipinski definition) is 7. The number of benzene rings is 1. The summed E-state index contributed by atoms with van der Waals surface area (Å²) in [5.74, 6) is 0.201. The monoisotopic (exact) mass is 572 g/mol. The fourth-order valence-electron chi connectivity index (χ4n) is 6.66. The van der Waals surface area contributed by atoms with Crippen molar-refractivity contribution in [1.29, 1.82) is 0 Å². The topological polar surface area (TPSA) is 101 Å². The van der Waals surface area contributed by atoms with Crippen LogP contribution in [0.25, 0.3) is 11.3 Å². The zero-order valence-electron chi connectivity index (χ0n) is 23.6. The molecule has 4 heterocycles. The van der Waals surface area contributed by atoms with Crippen molar-refractivity contribution in [2.24, 2.45) is 17.3 Å². The van der Waals surface area contributed by atoms with E-state index in [0.29, 0.717) is 55.0 Å². The number of anilines is 1. The molecular weight excluding hydrogens is 535 g/mol. The van der Waals surface area contributed by atoms with Gasteiger partial charge in [-0.25, -0.2) is 14.1 Å². The molecule has 11 heteroatoms. The number of hydrogen-bond donors (Lipinski definition) is 1. The van der Waals surface area contributed by atoms with E-state index in [1.165, 1.54) is 16.4 Å². The average molecular weight is 573 g/mol. The van der Waals surface area contributed by atoms with E-state index in [1.54, 1.807) is 18.2 Å². The highest BCUT2D eigenvalue weighted by Gasteiger charge is 2.75. The highest BCUT2D eigenvalue weighted by atomic mass is 32.2. The molecule has 216 valence electrons. The van der Waals surface area contributed by atoms with Crippen LogP contribution in [0.1, 0.15) is 57.8 Å². The first-order valence-electron chi connectivity index (χ1n) is 14.0. The van der Waals surface area contributed by atoms with Crippen molar-refractivity contribution in [1.82, 2.24) is 14.0 Å². The van der Waals surface area contributed by atoms with Crippen LogP contribution in [0.2, 0.25) is 0 Å². The zero-order chi connectivity index (χ0) is 28.6. The van der Waals surface area contributed by atoms with Gasteiger partial charge in [-0.15, -0.1) is 0 Å². The molecule has 4 atom stereocenters. The lowest BCUT2D eigenvalue weighted by molar-refractivity contribution is 0.0821. The molecule has 3 saturated heterocycles. The van der Waals surface area contributed by atoms with E-state index in [9.17, 15) is 17.6 Å². The molecule has 1 N–H and O–H groups in total. The van der Waals surface area contributed by atoms with Crippen LogP contribution in [0, 0.1) is 23.1 Å². The standard InChI is InChI=1S/C29H37FN4O5S/c1-17(2)14-38-21-9-19(8-20(30)10-21)23-7-6-22(26(31-23)33-13-18(3)11-28(33,4)5)27(35)32-40(36,37)34-16-29-12-25(29)39-15-24(29)34/h6-10,17-18,24-25H,11-16H2,1-5H3,(H,32,35)/t18-,24?,25?,29?/m0/s1. The molecule has 3 unspecified atom stereocenters. The SMILES string of the molecule is CC(C)COc1cc(F)cc(-c2ccc(C(=O)NS(=O)(=O)N3CC45CC4OCC35)c(N3C[C@@H](C)CC3(C)C)n2)c1. The van der Waals surface area contributed by atoms with Gasteiger partial charge in [0.2, 0.25) is 0 Å². The maximum absolute atomic E-state index is 14.6. The Bertz CT molecular complexity index is 1460. The van der Waals surface area contributed by atoms with E-state index >= 15 is 0 Å². The third-order valence-corrected chi connectivity index (χ3v) is 10.1. The Morgan fingerprint density at radius 3 is 2.67 bits per heavy atom. The van der Waals surface area contributed by atoms with E-state index in [2.05, 4.69) is 30.4 Å². The molecule has 1 aromatic heterocycles. The minimum absolute atomic E-state index is 0.0649. The lowest BCUT2D eigenvalue weighted by atomic mass is 9.90. The third-order valence-electron chi connectivity index (χ3n) is 8.69. The average Bonchev–Trinajstić information content (AvgIpc) is 3.44. The molecule has 1 spiro atoms. The van der Waals surface area contributed by atoms with Gasteiger partial charge in [0.1, 0.15) is 17.4 Å². The molecule has 40 heavy (non-hydrogen) atoms. The van der Waals surface area contributed by atoms with Gasteiger partial charge in [0.05, 0.1) is 36.6 Å². The van der Waals surface area contributed by atoms with Crippen molar-refractivity contribution < 1.29 is 27.1 Å². The second-order valence-electron chi connectivity index (χ2n) is 12.9. The highest BCUT2D eigenvalue weighted by molar-refractivity contribution is 7.87. The van der Waals surface area contributed by atoms with Crippen molar-refractivity contribution in [3.8, 4) is 17.0 Å². The smallest absolute Gasteiger partial charge is 0.304 e. The molecule has 1 aromatic carbocycles. The van der Waals surface area contributed by atoms with Gasteiger partial charge in [-0.05, 0) is 62.8 Å². The molecule has 4 aliphatic rings. The summed E-state index contributed by atoms with van der Waals surface area (Å²) in [5, 5.41) is 0. The summed E-state index contributed by atoms with van der Waals surface area (Å²) in [6.07, 6.45) is 1.89. The van der Waals surface area contributed by atoms with Gasteiger partial charge in [-0.1, -0.05) is 20.8 Å². The van der Waals surface area contributed by atoms with E-state index in [1.807, 2.05) is 13.8 Å². The zero-order valence-corrected chi connectivity index (χ0v) is 24.4. The van der Waals surface area contributed by atoms with Gasteiger partial charge in [-0.2, -0.15) is 12.7 Å². The number of ether oxygens (including phenoxy) is 2. The number of halogens is 1. The van der Waals surface area contributed by atoms with E-state index in [4.69, 9.17) is 14.5 Å². The molecule has 3 aliphatic heterocycles. The lowest BCUT2D eigenvalue weighted by Gasteiger charge is -2.44. The van der Waals surface area contributed by atoms with Crippen LogP contribution in [0.5, 0.6) is 5.75 Å². The minimum atomic E-state index is -4.06. The van der Waals surface area contributed by atoms with Crippen LogP contribution in [0.15, 0.2) is 30.3 Å². The number of rotatable bonds is 8. The van der Waals surface area contributed by atoms with E-state index in [-0.39, 0.29) is 34.6 Å². The molecule has 1 saturated carbocycles. The second-order valence-corrected chi connectivity index (χ2v) is 14.6. The summed E-state index contributed by atoms with van der Waals surface area (Å²) in [6.45, 7) is 12.1. The maximum atomic E-state index is 14.6. The summed E-state index contributed by atoms with van der Waals surface area (Å²) >= 11 is 0. The van der Waals surface area contributed by atoms with Crippen LogP contribution >= 0.6 is 0 Å². The van der Waals surface area contributed by atoms with Crippen LogP contribution < -0.4 is 14.4 Å². The Kier molecular flexibility index (Phi) is 6.43. The van der Waals surface area contributed by atoms with Gasteiger partial charge in [0, 0.05) is 35.7 Å². The van der Waals surface area contributed by atoms with Crippen LogP contribution in [-0.4, -0.2) is 67.6 Å². The molecule has 0 radical (unpaired) electrons. The maximum Gasteiger partial charge on any atom is 0.304 e. The number of amides is 1. The van der Waals surface area contributed by atoms with Crippen LogP contribution in [-0.2, 0) is 14.9 Å². The van der Waals surface area contributed by atoms with Gasteiger partial charge in [-0.3, -0.25) is 4.79 Å². The molecular formula is C29H37FN4O5S. The van der Waals surface area contributed by atoms with Crippen LogP contribution in [0.3, 0.4) is 0 Å². The molecule has 2 aromatic rings. The molecule has 6 rings (SSSR count). The molecule has 0 bridgehead atoms. The number of aromatic nitrogens is 1. The van der Waals surface area contributed by atoms with Crippen molar-refractivity contribution in [2.45, 2.75) is 65.1 Å². The lowest BCUT2D eigenvalue weighted by Crippen LogP contribution is -2.63. The third kappa shape index (κ3) is 4.65. The fourth-order valence-corrected chi connectivity index (χ4v) is 8.13. The Morgan fingerprint density at radius 2 is 2.02 bits per heavy atom. The number of pyridine rings is 1. The number of nitrogens with one attached hydrogen (secondary N) is 1. The van der Waals surface area contributed by atoms with Crippen molar-refractivity contribution in [3.63, 3.8) is 0 Å². The van der Waals surface area contributed by atoms with Crippen molar-refractivity contribution in [3.05, 3.63) is 41.7 Å². The van der Waals surface area contributed by atoms with Gasteiger partial charge in [0.25, 0.3) is 5.91 Å². The van der Waals surface area contributed by atoms with Crippen LogP contribution in [0.4, 0.5) is 10.2 Å². The van der Waals surface area contributed by atoms with E-state index in [0.717, 1.165) is 12.8 Å². The second kappa shape index (κ2) is 9.39. The largest absolute Gasteiger partial charge is 0.493 e. The molecule has 1 aliphatic carbocycles. The fraction of sp³-hybridized carbons (Fsp3) is 0.586. The van der Waals surface area contributed by atoms with Gasteiger partial charge < -0.3 is 14.4 Å². The molecule has 4 fully saturated rings. The Balaban J connectivity index is 1.33. The first kappa shape index (κ1) is 27.4. The first-order valence-corrected chi connectivity index (χ1v) is 15.4. The van der Waals surface area contributed by atoms with Crippen molar-refractivity contribution in [2.75, 3.05) is 31.2 Å². The predicted octanol–water partition coefficient (Wildman–Crippen LogP) is 4.00. The Morgan fingerprint density at radius 1 is 1.25 bits per heavy atom.